The van der Waals surface area contributed by atoms with Gasteiger partial charge in [-0.15, -0.1) is 0 Å². The van der Waals surface area contributed by atoms with Crippen LogP contribution in [0.4, 0.5) is 27.3 Å². The van der Waals surface area contributed by atoms with E-state index in [1.807, 2.05) is 12.3 Å². The molecule has 1 unspecified atom stereocenters. The van der Waals surface area contributed by atoms with E-state index in [1.54, 1.807) is 12.1 Å². The SMILES string of the molecule is Nc1ccc(N2CCN(Cc3cnc4c(c3)NC(=O)C3CCCN43)CC2)c(F)c1. The number of hydrogen-bond acceptors (Lipinski definition) is 6. The molecule has 0 saturated carbocycles. The van der Waals surface area contributed by atoms with Gasteiger partial charge < -0.3 is 20.9 Å². The van der Waals surface area contributed by atoms with Gasteiger partial charge in [-0.05, 0) is 42.7 Å². The van der Waals surface area contributed by atoms with Gasteiger partial charge >= 0.3 is 0 Å². The van der Waals surface area contributed by atoms with E-state index in [-0.39, 0.29) is 17.8 Å². The summed E-state index contributed by atoms with van der Waals surface area (Å²) in [6.07, 6.45) is 3.84. The number of pyridine rings is 1. The minimum Gasteiger partial charge on any atom is -0.399 e. The monoisotopic (exact) mass is 396 g/mol. The maximum atomic E-state index is 14.2. The summed E-state index contributed by atoms with van der Waals surface area (Å²) >= 11 is 0. The summed E-state index contributed by atoms with van der Waals surface area (Å²) in [5.41, 5.74) is 8.59. The van der Waals surface area contributed by atoms with Gasteiger partial charge in [0.2, 0.25) is 5.91 Å². The van der Waals surface area contributed by atoms with Crippen LogP contribution in [0.3, 0.4) is 0 Å². The minimum atomic E-state index is -0.270. The Balaban J connectivity index is 1.24. The van der Waals surface area contributed by atoms with Gasteiger partial charge in [0.25, 0.3) is 0 Å². The van der Waals surface area contributed by atoms with E-state index in [0.717, 1.165) is 69.2 Å². The van der Waals surface area contributed by atoms with E-state index in [0.29, 0.717) is 11.4 Å². The highest BCUT2D eigenvalue weighted by molar-refractivity contribution is 6.03. The van der Waals surface area contributed by atoms with E-state index in [9.17, 15) is 9.18 Å². The summed E-state index contributed by atoms with van der Waals surface area (Å²) < 4.78 is 14.2. The summed E-state index contributed by atoms with van der Waals surface area (Å²) in [7, 11) is 0. The Labute approximate surface area is 169 Å². The lowest BCUT2D eigenvalue weighted by Crippen LogP contribution is -2.46. The Morgan fingerprint density at radius 1 is 1.17 bits per heavy atom. The molecule has 1 aromatic heterocycles. The van der Waals surface area contributed by atoms with E-state index in [1.165, 1.54) is 6.07 Å². The van der Waals surface area contributed by atoms with Crippen LogP contribution in [0.15, 0.2) is 30.5 Å². The fourth-order valence-electron chi connectivity index (χ4n) is 4.60. The zero-order valence-electron chi connectivity index (χ0n) is 16.3. The number of benzene rings is 1. The number of fused-ring (bicyclic) bond motifs is 3. The summed E-state index contributed by atoms with van der Waals surface area (Å²) in [6.45, 7) is 4.83. The number of nitrogens with two attached hydrogens (primary N) is 1. The van der Waals surface area contributed by atoms with Crippen LogP contribution < -0.4 is 20.9 Å². The average molecular weight is 396 g/mol. The first-order valence-electron chi connectivity index (χ1n) is 10.2. The standard InChI is InChI=1S/C21H25FN6O/c22-16-11-15(23)3-4-18(16)27-8-6-26(7-9-27)13-14-10-17-20(24-12-14)28-5-1-2-19(28)21(29)25-17/h3-4,10-12,19H,1-2,5-9,13,23H2,(H,25,29). The first-order valence-corrected chi connectivity index (χ1v) is 10.2. The van der Waals surface area contributed by atoms with E-state index >= 15 is 0 Å². The highest BCUT2D eigenvalue weighted by Crippen LogP contribution is 2.35. The molecule has 29 heavy (non-hydrogen) atoms. The number of rotatable bonds is 3. The van der Waals surface area contributed by atoms with Gasteiger partial charge in [0.05, 0.1) is 11.4 Å². The first kappa shape index (κ1) is 18.2. The van der Waals surface area contributed by atoms with Crippen LogP contribution in [-0.2, 0) is 11.3 Å². The summed E-state index contributed by atoms with van der Waals surface area (Å²) in [5, 5.41) is 3.03. The van der Waals surface area contributed by atoms with Crippen LogP contribution in [0.25, 0.3) is 0 Å². The van der Waals surface area contributed by atoms with Crippen molar-refractivity contribution in [2.24, 2.45) is 0 Å². The lowest BCUT2D eigenvalue weighted by Gasteiger charge is -2.36. The quantitative estimate of drug-likeness (QED) is 0.774. The van der Waals surface area contributed by atoms with Gasteiger partial charge in [-0.2, -0.15) is 0 Å². The summed E-state index contributed by atoms with van der Waals surface area (Å²) in [5.74, 6) is 0.695. The second kappa shape index (κ2) is 7.18. The molecule has 1 amide bonds. The zero-order chi connectivity index (χ0) is 20.0. The van der Waals surface area contributed by atoms with Crippen LogP contribution in [0.5, 0.6) is 0 Å². The molecule has 3 aliphatic rings. The van der Waals surface area contributed by atoms with E-state index in [2.05, 4.69) is 25.0 Å². The van der Waals surface area contributed by atoms with Crippen molar-refractivity contribution in [1.82, 2.24) is 9.88 Å². The van der Waals surface area contributed by atoms with Crippen LogP contribution in [-0.4, -0.2) is 54.6 Å². The zero-order valence-corrected chi connectivity index (χ0v) is 16.3. The molecule has 0 radical (unpaired) electrons. The van der Waals surface area contributed by atoms with E-state index < -0.39 is 0 Å². The van der Waals surface area contributed by atoms with Crippen LogP contribution in [0.1, 0.15) is 18.4 Å². The number of amides is 1. The van der Waals surface area contributed by atoms with Crippen molar-refractivity contribution in [3.05, 3.63) is 41.8 Å². The molecule has 2 fully saturated rings. The third-order valence-corrected chi connectivity index (χ3v) is 6.10. The number of nitrogens with one attached hydrogen (secondary N) is 1. The van der Waals surface area contributed by atoms with Crippen LogP contribution in [0.2, 0.25) is 0 Å². The van der Waals surface area contributed by atoms with Gasteiger partial charge in [-0.1, -0.05) is 0 Å². The molecule has 0 spiro atoms. The summed E-state index contributed by atoms with van der Waals surface area (Å²) in [4.78, 5) is 23.5. The Morgan fingerprint density at radius 2 is 2.00 bits per heavy atom. The number of piperazine rings is 1. The lowest BCUT2D eigenvalue weighted by atomic mass is 10.1. The fourth-order valence-corrected chi connectivity index (χ4v) is 4.60. The predicted molar refractivity (Wildman–Crippen MR) is 112 cm³/mol. The Bertz CT molecular complexity index is 943. The highest BCUT2D eigenvalue weighted by atomic mass is 19.1. The molecule has 2 aromatic rings. The molecule has 0 bridgehead atoms. The molecule has 3 aliphatic heterocycles. The molecule has 3 N–H and O–H groups in total. The first-order chi connectivity index (χ1) is 14.1. The molecule has 5 rings (SSSR count). The second-order valence-corrected chi connectivity index (χ2v) is 8.03. The molecule has 2 saturated heterocycles. The van der Waals surface area contributed by atoms with Gasteiger partial charge in [0.15, 0.2) is 5.82 Å². The van der Waals surface area contributed by atoms with Crippen molar-refractivity contribution in [3.8, 4) is 0 Å². The lowest BCUT2D eigenvalue weighted by molar-refractivity contribution is -0.117. The third kappa shape index (κ3) is 3.37. The fraction of sp³-hybridized carbons (Fsp3) is 0.429. The maximum Gasteiger partial charge on any atom is 0.247 e. The van der Waals surface area contributed by atoms with E-state index in [4.69, 9.17) is 5.73 Å². The van der Waals surface area contributed by atoms with Crippen molar-refractivity contribution in [2.75, 3.05) is 53.6 Å². The Kier molecular flexibility index (Phi) is 4.50. The largest absolute Gasteiger partial charge is 0.399 e. The number of aromatic nitrogens is 1. The number of hydrogen-bond donors (Lipinski definition) is 2. The smallest absolute Gasteiger partial charge is 0.247 e. The van der Waals surface area contributed by atoms with Crippen LogP contribution >= 0.6 is 0 Å². The number of carbonyl (C=O) groups is 1. The van der Waals surface area contributed by atoms with Crippen molar-refractivity contribution in [3.63, 3.8) is 0 Å². The topological polar surface area (TPSA) is 77.7 Å². The number of nitrogens with zero attached hydrogens (tertiary/aromatic N) is 4. The van der Waals surface area contributed by atoms with Gasteiger partial charge in [-0.25, -0.2) is 9.37 Å². The molecule has 152 valence electrons. The molecular weight excluding hydrogens is 371 g/mol. The molecule has 7 nitrogen and oxygen atoms in total. The number of nitrogen functional groups attached to an aromatic ring is 1. The molecule has 0 aliphatic carbocycles. The van der Waals surface area contributed by atoms with Crippen LogP contribution in [0, 0.1) is 5.82 Å². The number of halogens is 1. The second-order valence-electron chi connectivity index (χ2n) is 8.03. The molecule has 8 heteroatoms. The van der Waals surface area contributed by atoms with Crippen molar-refractivity contribution < 1.29 is 9.18 Å². The van der Waals surface area contributed by atoms with Gasteiger partial charge in [0.1, 0.15) is 11.9 Å². The average Bonchev–Trinajstić information content (AvgIpc) is 3.20. The predicted octanol–water partition coefficient (Wildman–Crippen LogP) is 2.05. The molecule has 4 heterocycles. The normalized spacial score (nSPS) is 21.7. The minimum absolute atomic E-state index is 0.0670. The van der Waals surface area contributed by atoms with Crippen molar-refractivity contribution >= 4 is 28.8 Å². The highest BCUT2D eigenvalue weighted by Gasteiger charge is 2.37. The molecule has 1 atom stereocenters. The molecule has 1 aromatic carbocycles. The number of anilines is 4. The van der Waals surface area contributed by atoms with Gasteiger partial charge in [-0.3, -0.25) is 9.69 Å². The maximum absolute atomic E-state index is 14.2. The third-order valence-electron chi connectivity index (χ3n) is 6.10. The molecular formula is C21H25FN6O. The Morgan fingerprint density at radius 3 is 2.79 bits per heavy atom. The Hall–Kier alpha value is -2.87. The van der Waals surface area contributed by atoms with Crippen molar-refractivity contribution in [1.29, 1.82) is 0 Å². The van der Waals surface area contributed by atoms with Crippen molar-refractivity contribution in [2.45, 2.75) is 25.4 Å². The van der Waals surface area contributed by atoms with Gasteiger partial charge in [0, 0.05) is 51.2 Å². The summed E-state index contributed by atoms with van der Waals surface area (Å²) in [6, 6.07) is 6.84. The number of carbonyl (C=O) groups excluding carboxylic acids is 1.